The summed E-state index contributed by atoms with van der Waals surface area (Å²) in [5.41, 5.74) is 2.85. The van der Waals surface area contributed by atoms with Crippen molar-refractivity contribution in [2.75, 3.05) is 0 Å². The summed E-state index contributed by atoms with van der Waals surface area (Å²) in [7, 11) is 0. The predicted molar refractivity (Wildman–Crippen MR) is 97.9 cm³/mol. The van der Waals surface area contributed by atoms with Gasteiger partial charge in [0.1, 0.15) is 11.6 Å². The third-order valence-corrected chi connectivity index (χ3v) is 4.28. The summed E-state index contributed by atoms with van der Waals surface area (Å²) in [6.45, 7) is 4.53. The molecule has 1 aromatic carbocycles. The van der Waals surface area contributed by atoms with Gasteiger partial charge < -0.3 is 19.7 Å². The van der Waals surface area contributed by atoms with Gasteiger partial charge >= 0.3 is 6.03 Å². The lowest BCUT2D eigenvalue weighted by Crippen LogP contribution is -2.34. The highest BCUT2D eigenvalue weighted by Gasteiger charge is 2.14. The minimum atomic E-state index is -0.377. The van der Waals surface area contributed by atoms with Crippen LogP contribution in [0, 0.1) is 5.82 Å². The second-order valence-corrected chi connectivity index (χ2v) is 6.03. The fourth-order valence-corrected chi connectivity index (χ4v) is 2.82. The van der Waals surface area contributed by atoms with Crippen LogP contribution >= 0.6 is 0 Å². The SMILES string of the molecule is CCc1noc(CC)c1CNC(=O)NCc1ccc(-n2ccnc2)c(F)c1. The highest BCUT2D eigenvalue weighted by atomic mass is 19.1. The van der Waals surface area contributed by atoms with E-state index in [1.54, 1.807) is 29.1 Å². The van der Waals surface area contributed by atoms with Gasteiger partial charge in [0.2, 0.25) is 0 Å². The van der Waals surface area contributed by atoms with E-state index >= 15 is 0 Å². The third kappa shape index (κ3) is 4.33. The van der Waals surface area contributed by atoms with Gasteiger partial charge in [0.25, 0.3) is 0 Å². The van der Waals surface area contributed by atoms with Gasteiger partial charge in [0, 0.05) is 37.5 Å². The van der Waals surface area contributed by atoms with Crippen LogP contribution in [0.1, 0.15) is 36.4 Å². The Hall–Kier alpha value is -3.16. The summed E-state index contributed by atoms with van der Waals surface area (Å²) in [4.78, 5) is 16.0. The van der Waals surface area contributed by atoms with Crippen molar-refractivity contribution in [3.63, 3.8) is 0 Å². The number of hydrogen-bond acceptors (Lipinski definition) is 4. The largest absolute Gasteiger partial charge is 0.361 e. The Bertz CT molecular complexity index is 883. The average molecular weight is 371 g/mol. The van der Waals surface area contributed by atoms with Crippen LogP contribution in [0.3, 0.4) is 0 Å². The van der Waals surface area contributed by atoms with Gasteiger partial charge in [0.15, 0.2) is 0 Å². The summed E-state index contributed by atoms with van der Waals surface area (Å²) in [5, 5.41) is 9.55. The van der Waals surface area contributed by atoms with Crippen molar-refractivity contribution >= 4 is 6.03 Å². The normalized spacial score (nSPS) is 10.8. The first-order valence-electron chi connectivity index (χ1n) is 8.87. The monoisotopic (exact) mass is 371 g/mol. The summed E-state index contributed by atoms with van der Waals surface area (Å²) in [5.74, 6) is 0.404. The van der Waals surface area contributed by atoms with Crippen molar-refractivity contribution < 1.29 is 13.7 Å². The molecule has 0 spiro atoms. The minimum Gasteiger partial charge on any atom is -0.361 e. The van der Waals surface area contributed by atoms with E-state index in [-0.39, 0.29) is 18.4 Å². The molecule has 27 heavy (non-hydrogen) atoms. The average Bonchev–Trinajstić information content (AvgIpc) is 3.34. The molecule has 0 fully saturated rings. The molecule has 2 heterocycles. The number of halogens is 1. The van der Waals surface area contributed by atoms with Crippen LogP contribution in [0.5, 0.6) is 0 Å². The number of aromatic nitrogens is 3. The molecule has 3 rings (SSSR count). The molecule has 0 bridgehead atoms. The molecular weight excluding hydrogens is 349 g/mol. The molecule has 0 aliphatic heterocycles. The number of carbonyl (C=O) groups excluding carboxylic acids is 1. The molecule has 0 aliphatic rings. The molecular formula is C19H22FN5O2. The molecule has 2 amide bonds. The molecule has 142 valence electrons. The van der Waals surface area contributed by atoms with Crippen molar-refractivity contribution in [2.45, 2.75) is 39.8 Å². The summed E-state index contributed by atoms with van der Waals surface area (Å²) >= 11 is 0. The smallest absolute Gasteiger partial charge is 0.315 e. The van der Waals surface area contributed by atoms with Crippen molar-refractivity contribution in [1.29, 1.82) is 0 Å². The lowest BCUT2D eigenvalue weighted by Gasteiger charge is -2.10. The molecule has 0 saturated carbocycles. The molecule has 0 radical (unpaired) electrons. The van der Waals surface area contributed by atoms with Crippen LogP contribution in [0.15, 0.2) is 41.4 Å². The maximum atomic E-state index is 14.2. The lowest BCUT2D eigenvalue weighted by atomic mass is 10.1. The van der Waals surface area contributed by atoms with Crippen LogP contribution in [0.2, 0.25) is 0 Å². The second kappa shape index (κ2) is 8.48. The van der Waals surface area contributed by atoms with Crippen molar-refractivity contribution in [3.05, 3.63) is 65.3 Å². The van der Waals surface area contributed by atoms with Gasteiger partial charge in [-0.25, -0.2) is 14.2 Å². The van der Waals surface area contributed by atoms with Gasteiger partial charge in [-0.3, -0.25) is 0 Å². The zero-order valence-electron chi connectivity index (χ0n) is 15.3. The highest BCUT2D eigenvalue weighted by molar-refractivity contribution is 5.73. The quantitative estimate of drug-likeness (QED) is 0.668. The molecule has 3 aromatic rings. The second-order valence-electron chi connectivity index (χ2n) is 6.03. The Morgan fingerprint density at radius 2 is 2.04 bits per heavy atom. The van der Waals surface area contributed by atoms with Crippen LogP contribution in [0.25, 0.3) is 5.69 Å². The first kappa shape index (κ1) is 18.6. The molecule has 0 saturated heterocycles. The maximum absolute atomic E-state index is 14.2. The van der Waals surface area contributed by atoms with Gasteiger partial charge in [-0.05, 0) is 24.1 Å². The highest BCUT2D eigenvalue weighted by Crippen LogP contribution is 2.16. The summed E-state index contributed by atoms with van der Waals surface area (Å²) < 4.78 is 21.1. The zero-order valence-corrected chi connectivity index (χ0v) is 15.3. The molecule has 0 unspecified atom stereocenters. The summed E-state index contributed by atoms with van der Waals surface area (Å²) in [6.07, 6.45) is 6.24. The first-order chi connectivity index (χ1) is 13.1. The Labute approximate surface area is 156 Å². The third-order valence-electron chi connectivity index (χ3n) is 4.28. The van der Waals surface area contributed by atoms with E-state index in [1.165, 1.54) is 12.4 Å². The van der Waals surface area contributed by atoms with E-state index in [2.05, 4.69) is 20.8 Å². The number of urea groups is 1. The van der Waals surface area contributed by atoms with Gasteiger partial charge in [0.05, 0.1) is 17.7 Å². The number of nitrogens with zero attached hydrogens (tertiary/aromatic N) is 3. The number of rotatable bonds is 7. The summed E-state index contributed by atoms with van der Waals surface area (Å²) in [6, 6.07) is 4.49. The number of benzene rings is 1. The standard InChI is InChI=1S/C19H22FN5O2/c1-3-16-14(18(4-2)27-24-16)11-23-19(26)22-10-13-5-6-17(15(20)9-13)25-8-7-21-12-25/h5-9,12H,3-4,10-11H2,1-2H3,(H2,22,23,26). The number of aryl methyl sites for hydroxylation is 2. The number of imidazole rings is 1. The van der Waals surface area contributed by atoms with E-state index in [9.17, 15) is 9.18 Å². The van der Waals surface area contributed by atoms with Gasteiger partial charge in [-0.1, -0.05) is 25.1 Å². The van der Waals surface area contributed by atoms with Crippen LogP contribution in [-0.2, 0) is 25.9 Å². The predicted octanol–water partition coefficient (Wildman–Crippen LogP) is 3.12. The molecule has 0 atom stereocenters. The molecule has 7 nitrogen and oxygen atoms in total. The van der Waals surface area contributed by atoms with E-state index in [1.807, 2.05) is 13.8 Å². The van der Waals surface area contributed by atoms with E-state index < -0.39 is 0 Å². The van der Waals surface area contributed by atoms with Gasteiger partial charge in [-0.2, -0.15) is 0 Å². The van der Waals surface area contributed by atoms with Crippen molar-refractivity contribution in [2.24, 2.45) is 0 Å². The number of nitrogens with one attached hydrogen (secondary N) is 2. The van der Waals surface area contributed by atoms with Crippen molar-refractivity contribution in [1.82, 2.24) is 25.3 Å². The van der Waals surface area contributed by atoms with E-state index in [0.29, 0.717) is 24.2 Å². The van der Waals surface area contributed by atoms with E-state index in [4.69, 9.17) is 4.52 Å². The topological polar surface area (TPSA) is 85.0 Å². The van der Waals surface area contributed by atoms with Crippen molar-refractivity contribution in [3.8, 4) is 5.69 Å². The number of carbonyl (C=O) groups is 1. The van der Waals surface area contributed by atoms with Crippen LogP contribution in [0.4, 0.5) is 9.18 Å². The number of hydrogen-bond donors (Lipinski definition) is 2. The number of amides is 2. The molecule has 0 aliphatic carbocycles. The first-order valence-corrected chi connectivity index (χ1v) is 8.87. The Morgan fingerprint density at radius 1 is 1.22 bits per heavy atom. The van der Waals surface area contributed by atoms with Crippen LogP contribution < -0.4 is 10.6 Å². The molecule has 2 aromatic heterocycles. The minimum absolute atomic E-state index is 0.220. The Balaban J connectivity index is 1.55. The maximum Gasteiger partial charge on any atom is 0.315 e. The fraction of sp³-hybridized carbons (Fsp3) is 0.316. The van der Waals surface area contributed by atoms with E-state index in [0.717, 1.165) is 23.4 Å². The zero-order chi connectivity index (χ0) is 19.2. The molecule has 2 N–H and O–H groups in total. The molecule has 8 heteroatoms. The lowest BCUT2D eigenvalue weighted by molar-refractivity contribution is 0.240. The van der Waals surface area contributed by atoms with Crippen LogP contribution in [-0.4, -0.2) is 20.7 Å². The Morgan fingerprint density at radius 3 is 2.70 bits per heavy atom. The fourth-order valence-electron chi connectivity index (χ4n) is 2.82. The Kier molecular flexibility index (Phi) is 5.85. The van der Waals surface area contributed by atoms with Gasteiger partial charge in [-0.15, -0.1) is 0 Å².